The second kappa shape index (κ2) is 6.97. The van der Waals surface area contributed by atoms with Gasteiger partial charge in [-0.15, -0.1) is 0 Å². The summed E-state index contributed by atoms with van der Waals surface area (Å²) in [6, 6.07) is 5.38. The van der Waals surface area contributed by atoms with Crippen molar-refractivity contribution in [2.24, 2.45) is 5.92 Å². The van der Waals surface area contributed by atoms with Crippen molar-refractivity contribution in [1.82, 2.24) is 19.4 Å². The highest BCUT2D eigenvalue weighted by atomic mass is 32.2. The minimum atomic E-state index is -3.40. The summed E-state index contributed by atoms with van der Waals surface area (Å²) < 4.78 is 30.3. The number of rotatable bonds is 7. The van der Waals surface area contributed by atoms with Gasteiger partial charge in [-0.05, 0) is 18.1 Å². The molecule has 0 spiro atoms. The lowest BCUT2D eigenvalue weighted by Crippen LogP contribution is -2.29. The Labute approximate surface area is 130 Å². The lowest BCUT2D eigenvalue weighted by molar-refractivity contribution is 0.345. The molecule has 2 heterocycles. The molecular weight excluding hydrogens is 304 g/mol. The van der Waals surface area contributed by atoms with E-state index in [0.717, 1.165) is 6.26 Å². The number of hydrogen-bond donors (Lipinski definition) is 0. The maximum absolute atomic E-state index is 11.9. The van der Waals surface area contributed by atoms with Crippen molar-refractivity contribution in [3.8, 4) is 0 Å². The molecular formula is C14H20N4O3S. The smallest absolute Gasteiger partial charge is 0.226 e. The zero-order valence-corrected chi connectivity index (χ0v) is 13.7. The second-order valence-electron chi connectivity index (χ2n) is 5.55. The summed E-state index contributed by atoms with van der Waals surface area (Å²) in [6.07, 6.45) is 3.46. The summed E-state index contributed by atoms with van der Waals surface area (Å²) >= 11 is 0. The van der Waals surface area contributed by atoms with E-state index in [4.69, 9.17) is 4.52 Å². The largest absolute Gasteiger partial charge is 0.339 e. The molecule has 0 saturated heterocycles. The predicted octanol–water partition coefficient (Wildman–Crippen LogP) is 1.62. The van der Waals surface area contributed by atoms with Gasteiger partial charge in [0.2, 0.25) is 15.9 Å². The molecule has 0 aliphatic heterocycles. The highest BCUT2D eigenvalue weighted by Gasteiger charge is 2.21. The van der Waals surface area contributed by atoms with E-state index in [1.807, 2.05) is 19.9 Å². The van der Waals surface area contributed by atoms with Gasteiger partial charge < -0.3 is 4.52 Å². The monoisotopic (exact) mass is 324 g/mol. The van der Waals surface area contributed by atoms with Gasteiger partial charge in [0.05, 0.1) is 25.0 Å². The molecule has 0 saturated carbocycles. The van der Waals surface area contributed by atoms with E-state index in [2.05, 4.69) is 15.1 Å². The standard InChI is InChI=1S/C14H20N4O3S/c1-11(2)8-14-16-13(17-21-14)10-18(22(3,19)20)9-12-6-4-5-7-15-12/h4-7,11H,8-10H2,1-3H3. The molecule has 0 radical (unpaired) electrons. The summed E-state index contributed by atoms with van der Waals surface area (Å²) in [6.45, 7) is 4.34. The Hall–Kier alpha value is -1.80. The van der Waals surface area contributed by atoms with E-state index in [-0.39, 0.29) is 13.1 Å². The highest BCUT2D eigenvalue weighted by Crippen LogP contribution is 2.12. The zero-order chi connectivity index (χ0) is 16.2. The van der Waals surface area contributed by atoms with Gasteiger partial charge in [0.25, 0.3) is 0 Å². The van der Waals surface area contributed by atoms with Crippen LogP contribution in [-0.4, -0.2) is 34.1 Å². The number of sulfonamides is 1. The average molecular weight is 324 g/mol. The van der Waals surface area contributed by atoms with Gasteiger partial charge in [-0.25, -0.2) is 8.42 Å². The molecule has 0 atom stereocenters. The highest BCUT2D eigenvalue weighted by molar-refractivity contribution is 7.88. The Morgan fingerprint density at radius 2 is 2.05 bits per heavy atom. The molecule has 22 heavy (non-hydrogen) atoms. The quantitative estimate of drug-likeness (QED) is 0.769. The molecule has 2 aromatic rings. The Morgan fingerprint density at radius 3 is 2.64 bits per heavy atom. The van der Waals surface area contributed by atoms with Gasteiger partial charge in [0.1, 0.15) is 0 Å². The molecule has 120 valence electrons. The van der Waals surface area contributed by atoms with Crippen LogP contribution in [0.3, 0.4) is 0 Å². The van der Waals surface area contributed by atoms with E-state index in [1.165, 1.54) is 4.31 Å². The summed E-state index contributed by atoms with van der Waals surface area (Å²) in [5.41, 5.74) is 0.666. The van der Waals surface area contributed by atoms with Crippen LogP contribution < -0.4 is 0 Å². The Balaban J connectivity index is 2.12. The second-order valence-corrected chi connectivity index (χ2v) is 7.54. The summed E-state index contributed by atoms with van der Waals surface area (Å²) in [4.78, 5) is 8.39. The molecule has 7 nitrogen and oxygen atoms in total. The van der Waals surface area contributed by atoms with E-state index in [9.17, 15) is 8.42 Å². The molecule has 0 bridgehead atoms. The van der Waals surface area contributed by atoms with Crippen LogP contribution in [0.25, 0.3) is 0 Å². The lowest BCUT2D eigenvalue weighted by atomic mass is 10.1. The van der Waals surface area contributed by atoms with E-state index < -0.39 is 10.0 Å². The van der Waals surface area contributed by atoms with Crippen molar-refractivity contribution in [3.63, 3.8) is 0 Å². The third kappa shape index (κ3) is 4.88. The van der Waals surface area contributed by atoms with Crippen LogP contribution in [0.1, 0.15) is 31.3 Å². The van der Waals surface area contributed by atoms with Gasteiger partial charge in [-0.2, -0.15) is 9.29 Å². The molecule has 0 aromatic carbocycles. The number of pyridine rings is 1. The van der Waals surface area contributed by atoms with Crippen LogP contribution in [0.15, 0.2) is 28.9 Å². The first-order chi connectivity index (χ1) is 10.3. The molecule has 0 unspecified atom stereocenters. The first-order valence-corrected chi connectivity index (χ1v) is 8.86. The van der Waals surface area contributed by atoms with Gasteiger partial charge in [0.15, 0.2) is 5.82 Å². The average Bonchev–Trinajstić information content (AvgIpc) is 2.84. The Kier molecular flexibility index (Phi) is 5.25. The molecule has 8 heteroatoms. The first-order valence-electron chi connectivity index (χ1n) is 7.01. The minimum absolute atomic E-state index is 0.0665. The third-order valence-corrected chi connectivity index (χ3v) is 4.14. The normalized spacial score (nSPS) is 12.2. The maximum Gasteiger partial charge on any atom is 0.226 e. The van der Waals surface area contributed by atoms with Crippen molar-refractivity contribution in [2.75, 3.05) is 6.26 Å². The van der Waals surface area contributed by atoms with Crippen molar-refractivity contribution < 1.29 is 12.9 Å². The van der Waals surface area contributed by atoms with Crippen LogP contribution in [0.4, 0.5) is 0 Å². The summed E-state index contributed by atoms with van der Waals surface area (Å²) in [5.74, 6) is 1.28. The topological polar surface area (TPSA) is 89.2 Å². The number of hydrogen-bond acceptors (Lipinski definition) is 6. The van der Waals surface area contributed by atoms with Gasteiger partial charge in [-0.1, -0.05) is 25.1 Å². The van der Waals surface area contributed by atoms with Crippen molar-refractivity contribution in [1.29, 1.82) is 0 Å². The fourth-order valence-corrected chi connectivity index (χ4v) is 2.62. The maximum atomic E-state index is 11.9. The van der Waals surface area contributed by atoms with E-state index in [1.54, 1.807) is 18.3 Å². The minimum Gasteiger partial charge on any atom is -0.339 e. The SMILES string of the molecule is CC(C)Cc1nc(CN(Cc2ccccn2)S(C)(=O)=O)no1. The van der Waals surface area contributed by atoms with Gasteiger partial charge in [-0.3, -0.25) is 4.98 Å². The van der Waals surface area contributed by atoms with Crippen molar-refractivity contribution >= 4 is 10.0 Å². The zero-order valence-electron chi connectivity index (χ0n) is 12.9. The van der Waals surface area contributed by atoms with E-state index >= 15 is 0 Å². The van der Waals surface area contributed by atoms with Gasteiger partial charge in [0, 0.05) is 12.6 Å². The molecule has 0 fully saturated rings. The fraction of sp³-hybridized carbons (Fsp3) is 0.500. The molecule has 0 amide bonds. The molecule has 0 aliphatic rings. The number of nitrogens with zero attached hydrogens (tertiary/aromatic N) is 4. The van der Waals surface area contributed by atoms with Crippen molar-refractivity contribution in [3.05, 3.63) is 41.8 Å². The molecule has 2 rings (SSSR count). The molecule has 0 aliphatic carbocycles. The van der Waals surface area contributed by atoms with Crippen LogP contribution in [-0.2, 0) is 29.5 Å². The fourth-order valence-electron chi connectivity index (χ4n) is 1.91. The van der Waals surface area contributed by atoms with Crippen LogP contribution in [0, 0.1) is 5.92 Å². The molecule has 2 aromatic heterocycles. The first kappa shape index (κ1) is 16.6. The molecule has 0 N–H and O–H groups in total. The van der Waals surface area contributed by atoms with Crippen LogP contribution in [0.2, 0.25) is 0 Å². The van der Waals surface area contributed by atoms with Gasteiger partial charge >= 0.3 is 0 Å². The van der Waals surface area contributed by atoms with E-state index in [0.29, 0.717) is 29.7 Å². The Bertz CT molecular complexity index is 698. The summed E-state index contributed by atoms with van der Waals surface area (Å²) in [7, 11) is -3.40. The Morgan fingerprint density at radius 1 is 1.27 bits per heavy atom. The number of aromatic nitrogens is 3. The third-order valence-electron chi connectivity index (χ3n) is 2.94. The van der Waals surface area contributed by atoms with Crippen LogP contribution in [0.5, 0.6) is 0 Å². The lowest BCUT2D eigenvalue weighted by Gasteiger charge is -2.17. The summed E-state index contributed by atoms with van der Waals surface area (Å²) in [5, 5.41) is 3.85. The van der Waals surface area contributed by atoms with Crippen LogP contribution >= 0.6 is 0 Å². The van der Waals surface area contributed by atoms with Crippen molar-refractivity contribution in [2.45, 2.75) is 33.4 Å². The predicted molar refractivity (Wildman–Crippen MR) is 81.2 cm³/mol.